The molecule has 1 saturated carbocycles. The maximum Gasteiger partial charge on any atom is 0.573 e. The molecule has 5 rings (SSSR count). The molecule has 0 radical (unpaired) electrons. The maximum atomic E-state index is 12.6. The van der Waals surface area contributed by atoms with Crippen LogP contribution in [0.3, 0.4) is 0 Å². The molecular weight excluding hydrogens is 559 g/mol. The minimum absolute atomic E-state index is 0.136. The van der Waals surface area contributed by atoms with Crippen molar-refractivity contribution in [2.75, 3.05) is 11.9 Å². The Morgan fingerprint density at radius 3 is 2.53 bits per heavy atom. The second-order valence-electron chi connectivity index (χ2n) is 12.1. The first-order valence-corrected chi connectivity index (χ1v) is 14.3. The number of benzene rings is 2. The normalized spacial score (nSPS) is 18.3. The highest BCUT2D eigenvalue weighted by molar-refractivity contribution is 5.82. The second kappa shape index (κ2) is 12.1. The molecule has 1 aliphatic carbocycles. The Morgan fingerprint density at radius 2 is 1.84 bits per heavy atom. The van der Waals surface area contributed by atoms with Gasteiger partial charge >= 0.3 is 6.36 Å². The van der Waals surface area contributed by atoms with E-state index in [2.05, 4.69) is 45.7 Å². The number of hydrogen-bond acceptors (Lipinski definition) is 6. The molecule has 0 saturated heterocycles. The van der Waals surface area contributed by atoms with Crippen LogP contribution < -0.4 is 20.1 Å². The third-order valence-corrected chi connectivity index (χ3v) is 7.67. The molecule has 228 valence electrons. The van der Waals surface area contributed by atoms with Gasteiger partial charge < -0.3 is 24.7 Å². The van der Waals surface area contributed by atoms with Crippen molar-refractivity contribution in [3.63, 3.8) is 0 Å². The highest BCUT2D eigenvalue weighted by Crippen LogP contribution is 2.46. The van der Waals surface area contributed by atoms with Gasteiger partial charge in [-0.2, -0.15) is 0 Å². The van der Waals surface area contributed by atoms with Gasteiger partial charge in [-0.05, 0) is 85.5 Å². The number of nitrogens with one attached hydrogen (secondary N) is 2. The summed E-state index contributed by atoms with van der Waals surface area (Å²) in [6.45, 7) is 8.89. The van der Waals surface area contributed by atoms with E-state index in [1.807, 2.05) is 31.2 Å². The Bertz CT molecular complexity index is 1580. The third kappa shape index (κ3) is 7.77. The first-order chi connectivity index (χ1) is 20.3. The number of pyridine rings is 1. The van der Waals surface area contributed by atoms with Crippen LogP contribution in [0.1, 0.15) is 57.3 Å². The van der Waals surface area contributed by atoms with Crippen molar-refractivity contribution in [3.05, 3.63) is 72.1 Å². The molecule has 2 atom stereocenters. The molecule has 11 heteroatoms. The molecule has 43 heavy (non-hydrogen) atoms. The fraction of sp³-hybridized carbons (Fsp3) is 0.406. The van der Waals surface area contributed by atoms with Gasteiger partial charge in [-0.15, -0.1) is 13.2 Å². The van der Waals surface area contributed by atoms with Crippen LogP contribution in [0.15, 0.2) is 60.8 Å². The number of anilines is 2. The predicted octanol–water partition coefficient (Wildman–Crippen LogP) is 7.46. The van der Waals surface area contributed by atoms with Crippen LogP contribution in [0.4, 0.5) is 24.8 Å². The Morgan fingerprint density at radius 1 is 1.09 bits per heavy atom. The number of rotatable bonds is 9. The van der Waals surface area contributed by atoms with Crippen molar-refractivity contribution >= 4 is 28.6 Å². The second-order valence-corrected chi connectivity index (χ2v) is 12.1. The zero-order valence-corrected chi connectivity index (χ0v) is 24.7. The Labute approximate surface area is 248 Å². The summed E-state index contributed by atoms with van der Waals surface area (Å²) in [6.07, 6.45) is -0.0274. The quantitative estimate of drug-likeness (QED) is 0.209. The number of amides is 1. The SMILES string of the molecule is Cc1cccnc1CNC(=O)COc1ccc2c(c1)nc(Nc1ccc(OC(F)(F)F)cc1)n2[C@H]1C[C@H](C)CC(C)(C)C1. The van der Waals surface area contributed by atoms with E-state index in [4.69, 9.17) is 9.72 Å². The number of aromatic nitrogens is 3. The van der Waals surface area contributed by atoms with E-state index < -0.39 is 6.36 Å². The number of imidazole rings is 1. The van der Waals surface area contributed by atoms with Gasteiger partial charge in [0.1, 0.15) is 11.5 Å². The molecule has 2 heterocycles. The molecule has 0 bridgehead atoms. The van der Waals surface area contributed by atoms with Gasteiger partial charge in [-0.3, -0.25) is 9.78 Å². The average molecular weight is 596 g/mol. The minimum Gasteiger partial charge on any atom is -0.484 e. The van der Waals surface area contributed by atoms with Crippen molar-refractivity contribution < 1.29 is 27.4 Å². The van der Waals surface area contributed by atoms with E-state index in [-0.39, 0.29) is 29.7 Å². The summed E-state index contributed by atoms with van der Waals surface area (Å²) in [7, 11) is 0. The summed E-state index contributed by atoms with van der Waals surface area (Å²) >= 11 is 0. The monoisotopic (exact) mass is 595 g/mol. The molecule has 4 aromatic rings. The number of hydrogen-bond donors (Lipinski definition) is 2. The molecule has 0 aliphatic heterocycles. The van der Waals surface area contributed by atoms with Crippen LogP contribution in [0.25, 0.3) is 11.0 Å². The van der Waals surface area contributed by atoms with Gasteiger partial charge in [0.25, 0.3) is 5.91 Å². The standard InChI is InChI=1S/C32H36F3N5O3/c1-20-14-23(17-31(3,4)16-20)40-28-12-11-25(42-19-29(41)37-18-27-21(2)6-5-13-36-27)15-26(28)39-30(40)38-22-7-9-24(10-8-22)43-32(33,34)35/h5-13,15,20,23H,14,16-19H2,1-4H3,(H,37,41)(H,38,39)/t20-,23-/m0/s1. The number of aryl methyl sites for hydroxylation is 1. The fourth-order valence-corrected chi connectivity index (χ4v) is 6.07. The molecule has 2 aromatic heterocycles. The number of halogens is 3. The van der Waals surface area contributed by atoms with Crippen LogP contribution in [0.5, 0.6) is 11.5 Å². The van der Waals surface area contributed by atoms with Gasteiger partial charge in [0.2, 0.25) is 5.95 Å². The van der Waals surface area contributed by atoms with Crippen LogP contribution in [0.2, 0.25) is 0 Å². The summed E-state index contributed by atoms with van der Waals surface area (Å²) in [5.74, 6) is 1.02. The maximum absolute atomic E-state index is 12.6. The van der Waals surface area contributed by atoms with E-state index >= 15 is 0 Å². The summed E-state index contributed by atoms with van der Waals surface area (Å²) in [5, 5.41) is 6.13. The van der Waals surface area contributed by atoms with Gasteiger partial charge in [0.15, 0.2) is 6.61 Å². The summed E-state index contributed by atoms with van der Waals surface area (Å²) in [4.78, 5) is 21.6. The molecule has 1 fully saturated rings. The first kappa shape index (κ1) is 30.2. The molecule has 0 unspecified atom stereocenters. The Balaban J connectivity index is 1.36. The van der Waals surface area contributed by atoms with Crippen LogP contribution in [-0.4, -0.2) is 33.4 Å². The van der Waals surface area contributed by atoms with E-state index in [0.717, 1.165) is 36.0 Å². The number of fused-ring (bicyclic) bond motifs is 1. The molecular formula is C32H36F3N5O3. The Hall–Kier alpha value is -4.28. The van der Waals surface area contributed by atoms with Crippen molar-refractivity contribution in [1.29, 1.82) is 0 Å². The van der Waals surface area contributed by atoms with Crippen molar-refractivity contribution in [2.45, 2.75) is 65.9 Å². The predicted molar refractivity (Wildman–Crippen MR) is 158 cm³/mol. The molecule has 0 spiro atoms. The zero-order valence-electron chi connectivity index (χ0n) is 24.7. The van der Waals surface area contributed by atoms with E-state index in [1.165, 1.54) is 24.3 Å². The lowest BCUT2D eigenvalue weighted by Crippen LogP contribution is -2.29. The van der Waals surface area contributed by atoms with Gasteiger partial charge in [0.05, 0.1) is 23.3 Å². The zero-order chi connectivity index (χ0) is 30.8. The largest absolute Gasteiger partial charge is 0.573 e. The summed E-state index contributed by atoms with van der Waals surface area (Å²) in [5.41, 5.74) is 4.08. The lowest BCUT2D eigenvalue weighted by molar-refractivity contribution is -0.274. The van der Waals surface area contributed by atoms with Crippen molar-refractivity contribution in [3.8, 4) is 11.5 Å². The van der Waals surface area contributed by atoms with Crippen LogP contribution in [-0.2, 0) is 11.3 Å². The molecule has 1 aliphatic rings. The fourth-order valence-electron chi connectivity index (χ4n) is 6.07. The van der Waals surface area contributed by atoms with Gasteiger partial charge in [0, 0.05) is 24.0 Å². The Kier molecular flexibility index (Phi) is 8.52. The number of alkyl halides is 3. The first-order valence-electron chi connectivity index (χ1n) is 14.3. The highest BCUT2D eigenvalue weighted by Gasteiger charge is 2.35. The molecule has 1 amide bonds. The number of carbonyl (C=O) groups is 1. The van der Waals surface area contributed by atoms with Gasteiger partial charge in [-0.25, -0.2) is 4.98 Å². The minimum atomic E-state index is -4.76. The number of ether oxygens (including phenoxy) is 2. The summed E-state index contributed by atoms with van der Waals surface area (Å²) in [6, 6.07) is 15.1. The van der Waals surface area contributed by atoms with E-state index in [9.17, 15) is 18.0 Å². The summed E-state index contributed by atoms with van der Waals surface area (Å²) < 4.78 is 49.9. The van der Waals surface area contributed by atoms with Crippen molar-refractivity contribution in [2.24, 2.45) is 11.3 Å². The molecule has 8 nitrogen and oxygen atoms in total. The lowest BCUT2D eigenvalue weighted by atomic mass is 9.70. The highest BCUT2D eigenvalue weighted by atomic mass is 19.4. The smallest absolute Gasteiger partial charge is 0.484 e. The average Bonchev–Trinajstić information content (AvgIpc) is 3.27. The number of nitrogens with zero attached hydrogens (tertiary/aromatic N) is 3. The molecule has 2 aromatic carbocycles. The topological polar surface area (TPSA) is 90.3 Å². The van der Waals surface area contributed by atoms with Crippen LogP contribution in [0, 0.1) is 18.3 Å². The van der Waals surface area contributed by atoms with E-state index in [0.29, 0.717) is 35.4 Å². The number of carbonyl (C=O) groups excluding carboxylic acids is 1. The van der Waals surface area contributed by atoms with Crippen molar-refractivity contribution in [1.82, 2.24) is 19.9 Å². The molecule has 2 N–H and O–H groups in total. The third-order valence-electron chi connectivity index (χ3n) is 7.67. The van der Waals surface area contributed by atoms with Crippen LogP contribution >= 0.6 is 0 Å². The lowest BCUT2D eigenvalue weighted by Gasteiger charge is -2.40. The van der Waals surface area contributed by atoms with E-state index in [1.54, 1.807) is 12.3 Å². The van der Waals surface area contributed by atoms with Gasteiger partial charge in [-0.1, -0.05) is 26.8 Å².